The van der Waals surface area contributed by atoms with Crippen LogP contribution in [-0.4, -0.2) is 22.9 Å². The number of anilines is 1. The summed E-state index contributed by atoms with van der Waals surface area (Å²) in [5, 5.41) is 9.36. The molecule has 0 aromatic heterocycles. The number of carboxylic acids is 1. The Bertz CT molecular complexity index is 762. The number of carboxylic acid groups (broad SMARTS) is 1. The number of rotatable bonds is 2. The molecule has 1 aliphatic heterocycles. The third-order valence-corrected chi connectivity index (χ3v) is 6.04. The SMILES string of the molecule is O=C(O)c1ccccc1N1C(=O)[C@H]2[C@@H]3C=C[C@H]([C@H]4C[C@H]34)[C@@H]2C1=O. The van der Waals surface area contributed by atoms with Crippen LogP contribution >= 0.6 is 0 Å². The Morgan fingerprint density at radius 2 is 1.57 bits per heavy atom. The van der Waals surface area contributed by atoms with Gasteiger partial charge >= 0.3 is 5.97 Å². The highest BCUT2D eigenvalue weighted by Gasteiger charge is 2.67. The molecule has 116 valence electrons. The smallest absolute Gasteiger partial charge is 0.337 e. The lowest BCUT2D eigenvalue weighted by molar-refractivity contribution is -0.124. The summed E-state index contributed by atoms with van der Waals surface area (Å²) in [6, 6.07) is 6.25. The Labute approximate surface area is 132 Å². The number of aromatic carboxylic acids is 1. The quantitative estimate of drug-likeness (QED) is 0.669. The molecule has 3 fully saturated rings. The normalized spacial score (nSPS) is 39.4. The first-order valence-corrected chi connectivity index (χ1v) is 7.98. The summed E-state index contributed by atoms with van der Waals surface area (Å²) in [6.45, 7) is 0. The van der Waals surface area contributed by atoms with Crippen LogP contribution in [-0.2, 0) is 9.59 Å². The molecule has 5 aliphatic rings. The molecule has 6 atom stereocenters. The van der Waals surface area contributed by atoms with Gasteiger partial charge in [0, 0.05) is 0 Å². The molecule has 1 aromatic rings. The summed E-state index contributed by atoms with van der Waals surface area (Å²) in [7, 11) is 0. The van der Waals surface area contributed by atoms with Crippen LogP contribution in [0.3, 0.4) is 0 Å². The molecule has 5 nitrogen and oxygen atoms in total. The predicted octanol–water partition coefficient (Wildman–Crippen LogP) is 1.94. The molecule has 1 N–H and O–H groups in total. The second kappa shape index (κ2) is 4.10. The first kappa shape index (κ1) is 13.0. The first-order chi connectivity index (χ1) is 11.1. The predicted molar refractivity (Wildman–Crippen MR) is 80.6 cm³/mol. The number of nitrogens with zero attached hydrogens (tertiary/aromatic N) is 1. The molecule has 2 bridgehead atoms. The summed E-state index contributed by atoms with van der Waals surface area (Å²) in [4.78, 5) is 38.5. The van der Waals surface area contributed by atoms with Crippen molar-refractivity contribution < 1.29 is 19.5 Å². The van der Waals surface area contributed by atoms with Crippen molar-refractivity contribution in [2.45, 2.75) is 6.42 Å². The van der Waals surface area contributed by atoms with Crippen molar-refractivity contribution in [1.29, 1.82) is 0 Å². The molecule has 5 heteroatoms. The minimum absolute atomic E-state index is 0.00156. The lowest BCUT2D eigenvalue weighted by Gasteiger charge is -2.37. The Kier molecular flexibility index (Phi) is 2.33. The monoisotopic (exact) mass is 309 g/mol. The van der Waals surface area contributed by atoms with E-state index in [0.29, 0.717) is 11.8 Å². The maximum atomic E-state index is 13.0. The molecule has 1 saturated heterocycles. The third-order valence-electron chi connectivity index (χ3n) is 6.04. The van der Waals surface area contributed by atoms with E-state index in [2.05, 4.69) is 12.2 Å². The molecule has 23 heavy (non-hydrogen) atoms. The summed E-state index contributed by atoms with van der Waals surface area (Å²) in [5.41, 5.74) is 0.204. The van der Waals surface area contributed by atoms with Gasteiger partial charge in [-0.1, -0.05) is 24.3 Å². The Morgan fingerprint density at radius 1 is 1.00 bits per heavy atom. The van der Waals surface area contributed by atoms with Crippen molar-refractivity contribution >= 4 is 23.5 Å². The molecule has 0 radical (unpaired) electrons. The molecule has 1 aromatic carbocycles. The zero-order chi connectivity index (χ0) is 15.9. The fourth-order valence-electron chi connectivity index (χ4n) is 5.04. The van der Waals surface area contributed by atoms with E-state index in [0.717, 1.165) is 11.3 Å². The van der Waals surface area contributed by atoms with E-state index in [1.165, 1.54) is 6.07 Å². The number of hydrogen-bond acceptors (Lipinski definition) is 3. The highest BCUT2D eigenvalue weighted by atomic mass is 16.4. The van der Waals surface area contributed by atoms with Crippen LogP contribution in [0, 0.1) is 35.5 Å². The summed E-state index contributed by atoms with van der Waals surface area (Å²) in [5.74, 6) is -0.805. The summed E-state index contributed by atoms with van der Waals surface area (Å²) < 4.78 is 0. The number of amides is 2. The van der Waals surface area contributed by atoms with Gasteiger partial charge in [-0.2, -0.15) is 0 Å². The van der Waals surface area contributed by atoms with Gasteiger partial charge in [-0.15, -0.1) is 0 Å². The van der Waals surface area contributed by atoms with E-state index in [9.17, 15) is 19.5 Å². The molecule has 2 saturated carbocycles. The van der Waals surface area contributed by atoms with Gasteiger partial charge in [-0.25, -0.2) is 9.69 Å². The lowest BCUT2D eigenvalue weighted by Crippen LogP contribution is -2.40. The number of allylic oxidation sites excluding steroid dienone is 2. The number of benzene rings is 1. The second-order valence-electron chi connectivity index (χ2n) is 6.99. The van der Waals surface area contributed by atoms with Crippen molar-refractivity contribution in [3.05, 3.63) is 42.0 Å². The van der Waals surface area contributed by atoms with Gasteiger partial charge < -0.3 is 5.11 Å². The number of carbonyl (C=O) groups excluding carboxylic acids is 2. The highest BCUT2D eigenvalue weighted by Crippen LogP contribution is 2.65. The van der Waals surface area contributed by atoms with E-state index in [1.54, 1.807) is 18.2 Å². The first-order valence-electron chi connectivity index (χ1n) is 7.98. The largest absolute Gasteiger partial charge is 0.478 e. The van der Waals surface area contributed by atoms with Crippen LogP contribution in [0.5, 0.6) is 0 Å². The zero-order valence-electron chi connectivity index (χ0n) is 12.3. The van der Waals surface area contributed by atoms with Gasteiger partial charge in [-0.3, -0.25) is 9.59 Å². The van der Waals surface area contributed by atoms with Crippen LogP contribution in [0.1, 0.15) is 16.8 Å². The van der Waals surface area contributed by atoms with Crippen LogP contribution in [0.2, 0.25) is 0 Å². The van der Waals surface area contributed by atoms with Crippen molar-refractivity contribution in [2.75, 3.05) is 4.90 Å². The fraction of sp³-hybridized carbons (Fsp3) is 0.389. The van der Waals surface area contributed by atoms with E-state index in [1.807, 2.05) is 0 Å². The van der Waals surface area contributed by atoms with Crippen molar-refractivity contribution in [2.24, 2.45) is 35.5 Å². The molecular weight excluding hydrogens is 294 g/mol. The lowest BCUT2D eigenvalue weighted by atomic mass is 9.63. The van der Waals surface area contributed by atoms with Gasteiger partial charge in [0.1, 0.15) is 0 Å². The minimum atomic E-state index is -1.12. The molecular formula is C18H15NO4. The van der Waals surface area contributed by atoms with Crippen LogP contribution in [0.15, 0.2) is 36.4 Å². The molecule has 0 spiro atoms. The maximum Gasteiger partial charge on any atom is 0.337 e. The third kappa shape index (κ3) is 1.49. The number of para-hydroxylation sites is 1. The van der Waals surface area contributed by atoms with E-state index in [4.69, 9.17) is 0 Å². The van der Waals surface area contributed by atoms with E-state index < -0.39 is 5.97 Å². The minimum Gasteiger partial charge on any atom is -0.478 e. The number of hydrogen-bond donors (Lipinski definition) is 1. The number of imide groups is 1. The van der Waals surface area contributed by atoms with E-state index in [-0.39, 0.29) is 46.7 Å². The topological polar surface area (TPSA) is 74.7 Å². The fourth-order valence-corrected chi connectivity index (χ4v) is 5.04. The van der Waals surface area contributed by atoms with Crippen LogP contribution < -0.4 is 4.90 Å². The zero-order valence-corrected chi connectivity index (χ0v) is 12.3. The molecule has 2 amide bonds. The maximum absolute atomic E-state index is 13.0. The number of carbonyl (C=O) groups is 3. The summed E-state index contributed by atoms with van der Waals surface area (Å²) >= 11 is 0. The van der Waals surface area contributed by atoms with Gasteiger partial charge in [-0.05, 0) is 42.2 Å². The van der Waals surface area contributed by atoms with Gasteiger partial charge in [0.2, 0.25) is 11.8 Å². The average molecular weight is 309 g/mol. The van der Waals surface area contributed by atoms with Gasteiger partial charge in [0.15, 0.2) is 0 Å². The van der Waals surface area contributed by atoms with Crippen molar-refractivity contribution in [1.82, 2.24) is 0 Å². The van der Waals surface area contributed by atoms with E-state index >= 15 is 0 Å². The van der Waals surface area contributed by atoms with Crippen LogP contribution in [0.4, 0.5) is 5.69 Å². The molecule has 0 unspecified atom stereocenters. The Balaban J connectivity index is 1.61. The second-order valence-corrected chi connectivity index (χ2v) is 6.99. The molecule has 4 aliphatic carbocycles. The summed E-state index contributed by atoms with van der Waals surface area (Å²) in [6.07, 6.45) is 5.33. The van der Waals surface area contributed by atoms with Gasteiger partial charge in [0.05, 0.1) is 23.1 Å². The van der Waals surface area contributed by atoms with Gasteiger partial charge in [0.25, 0.3) is 0 Å². The molecule has 1 heterocycles. The van der Waals surface area contributed by atoms with Crippen LogP contribution in [0.25, 0.3) is 0 Å². The standard InChI is InChI=1S/C18H15NO4/c20-16-14-8-5-6-9(12-7-11(8)12)15(14)17(21)19(16)13-4-2-1-3-10(13)18(22)23/h1-6,8-9,11-12,14-15H,7H2,(H,22,23)/t8-,9-,11-,12-,14+,15+/m1/s1. The molecule has 6 rings (SSSR count). The highest BCUT2D eigenvalue weighted by molar-refractivity contribution is 6.24. The van der Waals surface area contributed by atoms with Crippen molar-refractivity contribution in [3.63, 3.8) is 0 Å². The Hall–Kier alpha value is -2.43. The average Bonchev–Trinajstić information content (AvgIpc) is 3.32. The Morgan fingerprint density at radius 3 is 2.13 bits per heavy atom. The van der Waals surface area contributed by atoms with Crippen molar-refractivity contribution in [3.8, 4) is 0 Å².